The normalized spacial score (nSPS) is 19.3. The fourth-order valence-electron chi connectivity index (χ4n) is 2.20. The van der Waals surface area contributed by atoms with Gasteiger partial charge in [0, 0.05) is 19.3 Å². The van der Waals surface area contributed by atoms with Gasteiger partial charge in [0.1, 0.15) is 11.7 Å². The highest BCUT2D eigenvalue weighted by Gasteiger charge is 2.34. The molecular formula is C13H14F3N3O2. The van der Waals surface area contributed by atoms with Crippen LogP contribution in [0.3, 0.4) is 0 Å². The van der Waals surface area contributed by atoms with Crippen LogP contribution in [0.4, 0.5) is 13.2 Å². The number of hydrogen-bond acceptors (Lipinski definition) is 3. The van der Waals surface area contributed by atoms with Crippen LogP contribution >= 0.6 is 0 Å². The molecule has 0 spiro atoms. The molecule has 1 unspecified atom stereocenters. The second-order valence-electron chi connectivity index (χ2n) is 4.64. The average Bonchev–Trinajstić information content (AvgIpc) is 2.45. The first kappa shape index (κ1) is 15.3. The fourth-order valence-corrected chi connectivity index (χ4v) is 2.20. The zero-order valence-corrected chi connectivity index (χ0v) is 11.3. The topological polar surface area (TPSA) is 62.3 Å². The maximum Gasteiger partial charge on any atom is 0.417 e. The molecule has 1 aromatic heterocycles. The molecule has 0 radical (unpaired) electrons. The molecule has 1 N–H and O–H groups in total. The Labute approximate surface area is 119 Å². The summed E-state index contributed by atoms with van der Waals surface area (Å²) in [5.74, 6) is -0.797. The average molecular weight is 301 g/mol. The Hall–Kier alpha value is -2.12. The quantitative estimate of drug-likeness (QED) is 0.899. The van der Waals surface area contributed by atoms with E-state index >= 15 is 0 Å². The second kappa shape index (κ2) is 5.71. The van der Waals surface area contributed by atoms with Gasteiger partial charge in [-0.3, -0.25) is 14.6 Å². The summed E-state index contributed by atoms with van der Waals surface area (Å²) in [4.78, 5) is 28.9. The molecule has 0 bridgehead atoms. The number of amides is 2. The van der Waals surface area contributed by atoms with Gasteiger partial charge in [-0.05, 0) is 18.6 Å². The highest BCUT2D eigenvalue weighted by molar-refractivity contribution is 5.96. The molecule has 0 saturated carbocycles. The largest absolute Gasteiger partial charge is 0.417 e. The van der Waals surface area contributed by atoms with Crippen LogP contribution in [0.25, 0.3) is 0 Å². The molecule has 1 saturated heterocycles. The number of halogens is 3. The van der Waals surface area contributed by atoms with Crippen molar-refractivity contribution in [3.8, 4) is 0 Å². The van der Waals surface area contributed by atoms with E-state index in [0.29, 0.717) is 25.7 Å². The lowest BCUT2D eigenvalue weighted by atomic mass is 10.1. The van der Waals surface area contributed by atoms with Crippen LogP contribution in [-0.2, 0) is 11.0 Å². The van der Waals surface area contributed by atoms with Gasteiger partial charge in [0.05, 0.1) is 5.56 Å². The van der Waals surface area contributed by atoms with Crippen molar-refractivity contribution in [3.05, 3.63) is 29.6 Å². The van der Waals surface area contributed by atoms with Gasteiger partial charge in [-0.15, -0.1) is 0 Å². The second-order valence-corrected chi connectivity index (χ2v) is 4.64. The third-order valence-corrected chi connectivity index (χ3v) is 3.29. The molecule has 1 aliphatic rings. The van der Waals surface area contributed by atoms with E-state index in [0.717, 1.165) is 12.1 Å². The van der Waals surface area contributed by atoms with E-state index in [1.54, 1.807) is 6.92 Å². The summed E-state index contributed by atoms with van der Waals surface area (Å²) in [7, 11) is 0. The molecule has 0 aromatic carbocycles. The lowest BCUT2D eigenvalue weighted by Crippen LogP contribution is -2.57. The number of alkyl halides is 3. The number of hydrogen-bond donors (Lipinski definition) is 1. The number of nitrogens with one attached hydrogen (secondary N) is 1. The van der Waals surface area contributed by atoms with E-state index < -0.39 is 23.7 Å². The maximum absolute atomic E-state index is 12.5. The molecule has 5 nitrogen and oxygen atoms in total. The number of piperazine rings is 1. The van der Waals surface area contributed by atoms with E-state index in [2.05, 4.69) is 10.3 Å². The summed E-state index contributed by atoms with van der Waals surface area (Å²) in [5.41, 5.74) is -1.02. The first-order chi connectivity index (χ1) is 9.84. The molecule has 21 heavy (non-hydrogen) atoms. The van der Waals surface area contributed by atoms with Crippen molar-refractivity contribution in [2.45, 2.75) is 25.6 Å². The fraction of sp³-hybridized carbons (Fsp3) is 0.462. The van der Waals surface area contributed by atoms with Crippen molar-refractivity contribution in [3.63, 3.8) is 0 Å². The maximum atomic E-state index is 12.5. The number of carbonyl (C=O) groups excluding carboxylic acids is 2. The van der Waals surface area contributed by atoms with Crippen LogP contribution in [0, 0.1) is 0 Å². The Balaban J connectivity index is 2.21. The summed E-state index contributed by atoms with van der Waals surface area (Å²) >= 11 is 0. The van der Waals surface area contributed by atoms with Crippen molar-refractivity contribution < 1.29 is 22.8 Å². The smallest absolute Gasteiger partial charge is 0.353 e. The van der Waals surface area contributed by atoms with E-state index in [1.807, 2.05) is 0 Å². The van der Waals surface area contributed by atoms with E-state index in [-0.39, 0.29) is 11.6 Å². The third kappa shape index (κ3) is 3.14. The van der Waals surface area contributed by atoms with E-state index in [1.165, 1.54) is 4.90 Å². The van der Waals surface area contributed by atoms with Gasteiger partial charge >= 0.3 is 6.18 Å². The molecule has 8 heteroatoms. The van der Waals surface area contributed by atoms with Gasteiger partial charge < -0.3 is 10.2 Å². The predicted octanol–water partition coefficient (Wildman–Crippen LogP) is 1.45. The zero-order chi connectivity index (χ0) is 15.6. The first-order valence-corrected chi connectivity index (χ1v) is 6.46. The summed E-state index contributed by atoms with van der Waals surface area (Å²) in [6.45, 7) is 2.39. The number of nitrogens with zero attached hydrogens (tertiary/aromatic N) is 2. The highest BCUT2D eigenvalue weighted by Crippen LogP contribution is 2.28. The minimum atomic E-state index is -4.49. The summed E-state index contributed by atoms with van der Waals surface area (Å²) in [5, 5.41) is 2.65. The number of carbonyl (C=O) groups is 2. The van der Waals surface area contributed by atoms with Gasteiger partial charge in [-0.2, -0.15) is 13.2 Å². The van der Waals surface area contributed by atoms with Gasteiger partial charge in [0.2, 0.25) is 5.91 Å². The Morgan fingerprint density at radius 2 is 2.19 bits per heavy atom. The van der Waals surface area contributed by atoms with Crippen molar-refractivity contribution in [1.29, 1.82) is 0 Å². The van der Waals surface area contributed by atoms with Gasteiger partial charge in [-0.25, -0.2) is 0 Å². The SMILES string of the molecule is CCC1C(=O)NCCN1C(=O)c1ccc(C(F)(F)F)cn1. The summed E-state index contributed by atoms with van der Waals surface area (Å²) in [6.07, 6.45) is -3.44. The predicted molar refractivity (Wildman–Crippen MR) is 67.4 cm³/mol. The van der Waals surface area contributed by atoms with Crippen LogP contribution in [0.2, 0.25) is 0 Å². The van der Waals surface area contributed by atoms with Crippen molar-refractivity contribution in [2.75, 3.05) is 13.1 Å². The third-order valence-electron chi connectivity index (χ3n) is 3.29. The minimum absolute atomic E-state index is 0.101. The van der Waals surface area contributed by atoms with Gasteiger partial charge in [-0.1, -0.05) is 6.92 Å². The van der Waals surface area contributed by atoms with Crippen LogP contribution in [0.5, 0.6) is 0 Å². The minimum Gasteiger partial charge on any atom is -0.353 e. The Morgan fingerprint density at radius 3 is 2.71 bits per heavy atom. The van der Waals surface area contributed by atoms with Crippen molar-refractivity contribution in [1.82, 2.24) is 15.2 Å². The Kier molecular flexibility index (Phi) is 4.15. The van der Waals surface area contributed by atoms with E-state index in [4.69, 9.17) is 0 Å². The number of aromatic nitrogens is 1. The number of rotatable bonds is 2. The monoisotopic (exact) mass is 301 g/mol. The van der Waals surface area contributed by atoms with Crippen LogP contribution < -0.4 is 5.32 Å². The molecule has 114 valence electrons. The Morgan fingerprint density at radius 1 is 1.48 bits per heavy atom. The molecule has 0 aliphatic carbocycles. The van der Waals surface area contributed by atoms with Crippen LogP contribution in [0.1, 0.15) is 29.4 Å². The lowest BCUT2D eigenvalue weighted by molar-refractivity contribution is -0.137. The number of pyridine rings is 1. The lowest BCUT2D eigenvalue weighted by Gasteiger charge is -2.34. The molecular weight excluding hydrogens is 287 g/mol. The molecule has 2 rings (SSSR count). The van der Waals surface area contributed by atoms with Crippen LogP contribution in [0.15, 0.2) is 18.3 Å². The van der Waals surface area contributed by atoms with Crippen LogP contribution in [-0.4, -0.2) is 40.8 Å². The van der Waals surface area contributed by atoms with Gasteiger partial charge in [0.25, 0.3) is 5.91 Å². The summed E-state index contributed by atoms with van der Waals surface area (Å²) in [6, 6.07) is 1.23. The molecule has 1 aliphatic heterocycles. The van der Waals surface area contributed by atoms with Crippen molar-refractivity contribution in [2.24, 2.45) is 0 Å². The van der Waals surface area contributed by atoms with Gasteiger partial charge in [0.15, 0.2) is 0 Å². The van der Waals surface area contributed by atoms with Crippen molar-refractivity contribution >= 4 is 11.8 Å². The standard InChI is InChI=1S/C13H14F3N3O2/c1-2-10-11(20)17-5-6-19(10)12(21)9-4-3-8(7-18-9)13(14,15)16/h3-4,7,10H,2,5-6H2,1H3,(H,17,20). The Bertz CT molecular complexity index is 543. The highest BCUT2D eigenvalue weighted by atomic mass is 19.4. The van der Waals surface area contributed by atoms with E-state index in [9.17, 15) is 22.8 Å². The molecule has 2 amide bonds. The molecule has 1 aromatic rings. The molecule has 1 fully saturated rings. The first-order valence-electron chi connectivity index (χ1n) is 6.46. The molecule has 1 atom stereocenters. The zero-order valence-electron chi connectivity index (χ0n) is 11.3. The summed E-state index contributed by atoms with van der Waals surface area (Å²) < 4.78 is 37.4. The molecule has 2 heterocycles.